The number of anilines is 1. The summed E-state index contributed by atoms with van der Waals surface area (Å²) >= 11 is 0. The van der Waals surface area contributed by atoms with Crippen LogP contribution in [0.5, 0.6) is 0 Å². The molecule has 0 aliphatic heterocycles. The van der Waals surface area contributed by atoms with Crippen LogP contribution in [0.3, 0.4) is 0 Å². The van der Waals surface area contributed by atoms with Crippen molar-refractivity contribution in [3.63, 3.8) is 0 Å². The molecule has 0 aliphatic carbocycles. The molecule has 1 aromatic rings. The van der Waals surface area contributed by atoms with E-state index in [1.54, 1.807) is 13.8 Å². The molecule has 0 bridgehead atoms. The number of aliphatic hydroxyl groups is 2. The first-order valence-corrected chi connectivity index (χ1v) is 8.41. The average Bonchev–Trinajstić information content (AvgIpc) is 2.52. The lowest BCUT2D eigenvalue weighted by atomic mass is 10.2. The third-order valence-corrected chi connectivity index (χ3v) is 3.27. The highest BCUT2D eigenvalue weighted by Gasteiger charge is 2.06. The molecule has 1 rings (SSSR count). The Morgan fingerprint density at radius 3 is 1.78 bits per heavy atom. The number of hydrogen-bond donors (Lipinski definition) is 2. The molecule has 2 N–H and O–H groups in total. The summed E-state index contributed by atoms with van der Waals surface area (Å²) in [6.45, 7) is 7.32. The van der Waals surface area contributed by atoms with Gasteiger partial charge in [-0.25, -0.2) is 0 Å². The van der Waals surface area contributed by atoms with Crippen molar-refractivity contribution in [2.45, 2.75) is 38.9 Å². The molecule has 0 aliphatic rings. The monoisotopic (exact) mass is 325 g/mol. The molecule has 2 atom stereocenters. The quantitative estimate of drug-likeness (QED) is 0.544. The van der Waals surface area contributed by atoms with Gasteiger partial charge in [0.25, 0.3) is 0 Å². The van der Waals surface area contributed by atoms with Crippen LogP contribution in [0, 0.1) is 0 Å². The second kappa shape index (κ2) is 12.3. The molecular formula is C18H31NO4. The van der Waals surface area contributed by atoms with Gasteiger partial charge in [-0.1, -0.05) is 18.2 Å². The standard InChI is InChI=1S/C18H31NO4/c1-16(20)14-22-12-6-10-19(18-8-4-3-5-9-18)11-7-13-23-15-17(2)21/h3-5,8-9,16-17,20-21H,6-7,10-15H2,1-2H3. The first-order chi connectivity index (χ1) is 11.1. The molecule has 0 aromatic heterocycles. The second-order valence-electron chi connectivity index (χ2n) is 5.88. The van der Waals surface area contributed by atoms with Gasteiger partial charge >= 0.3 is 0 Å². The molecule has 0 spiro atoms. The number of para-hydroxylation sites is 1. The lowest BCUT2D eigenvalue weighted by molar-refractivity contribution is 0.0443. The molecule has 23 heavy (non-hydrogen) atoms. The van der Waals surface area contributed by atoms with Gasteiger partial charge in [-0.3, -0.25) is 0 Å². The number of nitrogens with zero attached hydrogens (tertiary/aromatic N) is 1. The van der Waals surface area contributed by atoms with Crippen molar-refractivity contribution in [2.24, 2.45) is 0 Å². The van der Waals surface area contributed by atoms with Crippen molar-refractivity contribution in [3.05, 3.63) is 30.3 Å². The maximum atomic E-state index is 9.18. The Bertz CT molecular complexity index is 366. The summed E-state index contributed by atoms with van der Waals surface area (Å²) < 4.78 is 10.8. The molecule has 0 saturated carbocycles. The third kappa shape index (κ3) is 10.3. The van der Waals surface area contributed by atoms with Gasteiger partial charge in [-0.15, -0.1) is 0 Å². The van der Waals surface area contributed by atoms with Crippen LogP contribution in [-0.4, -0.2) is 61.9 Å². The minimum Gasteiger partial charge on any atom is -0.391 e. The van der Waals surface area contributed by atoms with Gasteiger partial charge in [-0.05, 0) is 38.8 Å². The summed E-state index contributed by atoms with van der Waals surface area (Å²) in [6, 6.07) is 10.3. The van der Waals surface area contributed by atoms with Crippen molar-refractivity contribution in [1.82, 2.24) is 0 Å². The molecule has 5 nitrogen and oxygen atoms in total. The molecule has 0 radical (unpaired) electrons. The summed E-state index contributed by atoms with van der Waals surface area (Å²) in [7, 11) is 0. The van der Waals surface area contributed by atoms with Crippen molar-refractivity contribution in [2.75, 3.05) is 44.4 Å². The van der Waals surface area contributed by atoms with Gasteiger partial charge in [0.15, 0.2) is 0 Å². The van der Waals surface area contributed by atoms with Crippen LogP contribution in [0.2, 0.25) is 0 Å². The maximum absolute atomic E-state index is 9.18. The normalized spacial score (nSPS) is 13.7. The van der Waals surface area contributed by atoms with Crippen molar-refractivity contribution >= 4 is 5.69 Å². The molecular weight excluding hydrogens is 294 g/mol. The van der Waals surface area contributed by atoms with Crippen molar-refractivity contribution < 1.29 is 19.7 Å². The fourth-order valence-corrected chi connectivity index (χ4v) is 2.23. The summed E-state index contributed by atoms with van der Waals surface area (Å²) in [4.78, 5) is 2.32. The summed E-state index contributed by atoms with van der Waals surface area (Å²) in [5, 5.41) is 18.4. The molecule has 1 aromatic carbocycles. The van der Waals surface area contributed by atoms with E-state index in [4.69, 9.17) is 9.47 Å². The fourth-order valence-electron chi connectivity index (χ4n) is 2.23. The zero-order valence-electron chi connectivity index (χ0n) is 14.4. The van der Waals surface area contributed by atoms with Crippen LogP contribution in [0.15, 0.2) is 30.3 Å². The Labute approximate surface area is 139 Å². The van der Waals surface area contributed by atoms with E-state index < -0.39 is 12.2 Å². The van der Waals surface area contributed by atoms with E-state index >= 15 is 0 Å². The average molecular weight is 325 g/mol. The number of rotatable bonds is 13. The SMILES string of the molecule is CC(O)COCCCN(CCCOCC(C)O)c1ccccc1. The van der Waals surface area contributed by atoms with E-state index in [1.807, 2.05) is 18.2 Å². The summed E-state index contributed by atoms with van der Waals surface area (Å²) in [6.07, 6.45) is 1.00. The first-order valence-electron chi connectivity index (χ1n) is 8.41. The van der Waals surface area contributed by atoms with Gasteiger partial charge in [0.1, 0.15) is 0 Å². The fraction of sp³-hybridized carbons (Fsp3) is 0.667. The van der Waals surface area contributed by atoms with Crippen molar-refractivity contribution in [3.8, 4) is 0 Å². The van der Waals surface area contributed by atoms with Crippen LogP contribution in [0.25, 0.3) is 0 Å². The van der Waals surface area contributed by atoms with Crippen molar-refractivity contribution in [1.29, 1.82) is 0 Å². The first kappa shape index (κ1) is 19.9. The van der Waals surface area contributed by atoms with E-state index in [9.17, 15) is 10.2 Å². The van der Waals surface area contributed by atoms with E-state index in [-0.39, 0.29) is 0 Å². The van der Waals surface area contributed by atoms with Crippen LogP contribution < -0.4 is 4.90 Å². The minimum absolute atomic E-state index is 0.387. The van der Waals surface area contributed by atoms with E-state index in [0.717, 1.165) is 25.9 Å². The predicted molar refractivity (Wildman–Crippen MR) is 92.9 cm³/mol. The highest BCUT2D eigenvalue weighted by atomic mass is 16.5. The van der Waals surface area contributed by atoms with Gasteiger partial charge < -0.3 is 24.6 Å². The maximum Gasteiger partial charge on any atom is 0.0745 e. The van der Waals surface area contributed by atoms with Crippen LogP contribution in [0.1, 0.15) is 26.7 Å². The van der Waals surface area contributed by atoms with Crippen LogP contribution in [-0.2, 0) is 9.47 Å². The number of aliphatic hydroxyl groups excluding tert-OH is 2. The third-order valence-electron chi connectivity index (χ3n) is 3.27. The zero-order chi connectivity index (χ0) is 16.9. The minimum atomic E-state index is -0.411. The van der Waals surface area contributed by atoms with Gasteiger partial charge in [0.05, 0.1) is 25.4 Å². The number of hydrogen-bond acceptors (Lipinski definition) is 5. The smallest absolute Gasteiger partial charge is 0.0745 e. The molecule has 0 saturated heterocycles. The molecule has 132 valence electrons. The summed E-state index contributed by atoms with van der Waals surface area (Å²) in [5.74, 6) is 0. The predicted octanol–water partition coefficient (Wildman–Crippen LogP) is 2.07. The molecule has 5 heteroatoms. The van der Waals surface area contributed by atoms with E-state index in [0.29, 0.717) is 26.4 Å². The largest absolute Gasteiger partial charge is 0.391 e. The Hall–Kier alpha value is -1.14. The Morgan fingerprint density at radius 1 is 0.870 bits per heavy atom. The molecule has 2 unspecified atom stereocenters. The summed E-state index contributed by atoms with van der Waals surface area (Å²) in [5.41, 5.74) is 1.19. The Balaban J connectivity index is 2.32. The number of ether oxygens (including phenoxy) is 2. The second-order valence-corrected chi connectivity index (χ2v) is 5.88. The molecule has 0 heterocycles. The number of benzene rings is 1. The highest BCUT2D eigenvalue weighted by Crippen LogP contribution is 2.14. The van der Waals surface area contributed by atoms with Gasteiger partial charge in [0.2, 0.25) is 0 Å². The van der Waals surface area contributed by atoms with Crippen LogP contribution in [0.4, 0.5) is 5.69 Å². The van der Waals surface area contributed by atoms with Crippen LogP contribution >= 0.6 is 0 Å². The Kier molecular flexibility index (Phi) is 10.6. The zero-order valence-corrected chi connectivity index (χ0v) is 14.4. The van der Waals surface area contributed by atoms with Gasteiger partial charge in [-0.2, -0.15) is 0 Å². The van der Waals surface area contributed by atoms with Gasteiger partial charge in [0, 0.05) is 32.0 Å². The molecule has 0 fully saturated rings. The van der Waals surface area contributed by atoms with E-state index in [1.165, 1.54) is 5.69 Å². The Morgan fingerprint density at radius 2 is 1.35 bits per heavy atom. The lowest BCUT2D eigenvalue weighted by Crippen LogP contribution is -2.28. The van der Waals surface area contributed by atoms with E-state index in [2.05, 4.69) is 17.0 Å². The molecule has 0 amide bonds. The lowest BCUT2D eigenvalue weighted by Gasteiger charge is -2.25. The highest BCUT2D eigenvalue weighted by molar-refractivity contribution is 5.45. The topological polar surface area (TPSA) is 62.2 Å².